The van der Waals surface area contributed by atoms with E-state index in [9.17, 15) is 5.11 Å². The molecule has 29 heavy (non-hydrogen) atoms. The molecule has 0 aliphatic carbocycles. The molecule has 0 saturated carbocycles. The molecule has 7 nitrogen and oxygen atoms in total. The lowest BCUT2D eigenvalue weighted by Gasteiger charge is -2.37. The summed E-state index contributed by atoms with van der Waals surface area (Å²) in [6.07, 6.45) is 3.23. The highest BCUT2D eigenvalue weighted by molar-refractivity contribution is 7.19. The van der Waals surface area contributed by atoms with Crippen molar-refractivity contribution in [3.05, 3.63) is 32.8 Å². The van der Waals surface area contributed by atoms with Crippen LogP contribution in [0.1, 0.15) is 22.7 Å². The maximum absolute atomic E-state index is 11.4. The Morgan fingerprint density at radius 1 is 1.17 bits per heavy atom. The van der Waals surface area contributed by atoms with Crippen molar-refractivity contribution < 1.29 is 9.84 Å². The van der Waals surface area contributed by atoms with Gasteiger partial charge in [-0.3, -0.25) is 4.90 Å². The first-order chi connectivity index (χ1) is 14.1. The van der Waals surface area contributed by atoms with Crippen LogP contribution in [0, 0.1) is 0 Å². The monoisotopic (exact) mass is 451 g/mol. The zero-order chi connectivity index (χ0) is 19.8. The Balaban J connectivity index is 1.38. The minimum absolute atomic E-state index is 0.244. The van der Waals surface area contributed by atoms with Crippen molar-refractivity contribution in [3.8, 4) is 0 Å². The maximum Gasteiger partial charge on any atom is 0.224 e. The summed E-state index contributed by atoms with van der Waals surface area (Å²) < 4.78 is 6.46. The Morgan fingerprint density at radius 3 is 2.69 bits per heavy atom. The maximum atomic E-state index is 11.4. The van der Waals surface area contributed by atoms with Crippen LogP contribution in [0.3, 0.4) is 0 Å². The van der Waals surface area contributed by atoms with Gasteiger partial charge in [-0.05, 0) is 30.5 Å². The zero-order valence-electron chi connectivity index (χ0n) is 15.9. The van der Waals surface area contributed by atoms with Crippen LogP contribution < -0.4 is 4.90 Å². The topological polar surface area (TPSA) is 74.6 Å². The van der Waals surface area contributed by atoms with E-state index in [1.165, 1.54) is 0 Å². The summed E-state index contributed by atoms with van der Waals surface area (Å²) in [5, 5.41) is 14.8. The fourth-order valence-electron chi connectivity index (χ4n) is 3.96. The number of aliphatic hydroxyl groups is 1. The summed E-state index contributed by atoms with van der Waals surface area (Å²) in [5.74, 6) is 0.851. The molecule has 0 unspecified atom stereocenters. The number of aromatic nitrogens is 3. The van der Waals surface area contributed by atoms with Gasteiger partial charge in [0.2, 0.25) is 5.28 Å². The van der Waals surface area contributed by atoms with E-state index < -0.39 is 5.60 Å². The number of likely N-dealkylation sites (tertiary alicyclic amines) is 1. The summed E-state index contributed by atoms with van der Waals surface area (Å²) in [6, 6.07) is 1.99. The van der Waals surface area contributed by atoms with E-state index in [4.69, 9.17) is 16.3 Å². The van der Waals surface area contributed by atoms with Crippen molar-refractivity contribution in [2.24, 2.45) is 0 Å². The molecule has 0 bridgehead atoms. The zero-order valence-corrected chi connectivity index (χ0v) is 18.3. The number of thiophene rings is 1. The molecule has 5 heterocycles. The lowest BCUT2D eigenvalue weighted by atomic mass is 9.90. The van der Waals surface area contributed by atoms with Gasteiger partial charge in [-0.25, -0.2) is 9.97 Å². The van der Waals surface area contributed by atoms with Gasteiger partial charge in [0.1, 0.15) is 10.6 Å². The lowest BCUT2D eigenvalue weighted by molar-refractivity contribution is -0.0247. The van der Waals surface area contributed by atoms with Crippen LogP contribution in [0.5, 0.6) is 0 Å². The largest absolute Gasteiger partial charge is 0.384 e. The second kappa shape index (κ2) is 8.05. The molecule has 0 atom stereocenters. The van der Waals surface area contributed by atoms with Gasteiger partial charge in [0.05, 0.1) is 30.0 Å². The van der Waals surface area contributed by atoms with Crippen LogP contribution in [-0.2, 0) is 16.9 Å². The highest BCUT2D eigenvalue weighted by atomic mass is 35.5. The van der Waals surface area contributed by atoms with Gasteiger partial charge in [-0.15, -0.1) is 22.7 Å². The highest BCUT2D eigenvalue weighted by Crippen LogP contribution is 2.42. The molecule has 3 aromatic rings. The Morgan fingerprint density at radius 2 is 1.97 bits per heavy atom. The SMILES string of the molecule is OC1(c2cc3nc(Cl)nc(N4CCOCC4)c3s2)CCN(Cc2nccs2)CC1. The van der Waals surface area contributed by atoms with Gasteiger partial charge in [0.25, 0.3) is 0 Å². The molecule has 0 aromatic carbocycles. The quantitative estimate of drug-likeness (QED) is 0.611. The first-order valence-electron chi connectivity index (χ1n) is 9.74. The van der Waals surface area contributed by atoms with Gasteiger partial charge in [0, 0.05) is 42.6 Å². The molecule has 5 rings (SSSR count). The van der Waals surface area contributed by atoms with E-state index in [0.717, 1.165) is 58.6 Å². The second-order valence-corrected chi connectivity index (χ2v) is 9.84. The van der Waals surface area contributed by atoms with Gasteiger partial charge in [-0.1, -0.05) is 0 Å². The summed E-state index contributed by atoms with van der Waals surface area (Å²) in [7, 11) is 0. The number of ether oxygens (including phenoxy) is 1. The average Bonchev–Trinajstić information content (AvgIpc) is 3.40. The van der Waals surface area contributed by atoms with E-state index in [1.54, 1.807) is 22.7 Å². The Hall–Kier alpha value is -1.36. The predicted octanol–water partition coefficient (Wildman–Crippen LogP) is 3.12. The number of thiazole rings is 1. The summed E-state index contributed by atoms with van der Waals surface area (Å²) >= 11 is 9.48. The number of hydrogen-bond acceptors (Lipinski definition) is 9. The molecular formula is C19H22ClN5O2S2. The number of halogens is 1. The number of nitrogens with zero attached hydrogens (tertiary/aromatic N) is 5. The third-order valence-electron chi connectivity index (χ3n) is 5.62. The molecule has 0 amide bonds. The number of rotatable bonds is 4. The summed E-state index contributed by atoms with van der Waals surface area (Å²) in [6.45, 7) is 5.46. The van der Waals surface area contributed by atoms with Crippen molar-refractivity contribution in [2.75, 3.05) is 44.3 Å². The number of piperidine rings is 1. The molecule has 0 radical (unpaired) electrons. The molecule has 10 heteroatoms. The standard InChI is InChI=1S/C19H22ClN5O2S2/c20-18-22-13-11-14(29-16(13)17(23-18)25-6-8-27-9-7-25)19(26)1-4-24(5-2-19)12-15-21-3-10-28-15/h3,10-11,26H,1-2,4-9,12H2. The fourth-order valence-corrected chi connectivity index (χ4v) is 6.04. The Bertz CT molecular complexity index is 982. The molecule has 1 N–H and O–H groups in total. The fraction of sp³-hybridized carbons (Fsp3) is 0.526. The van der Waals surface area contributed by atoms with Crippen molar-refractivity contribution in [1.82, 2.24) is 19.9 Å². The van der Waals surface area contributed by atoms with Crippen LogP contribution in [0.4, 0.5) is 5.82 Å². The average molecular weight is 452 g/mol. The first kappa shape index (κ1) is 19.6. The highest BCUT2D eigenvalue weighted by Gasteiger charge is 2.36. The Labute approximate surface area is 181 Å². The van der Waals surface area contributed by atoms with E-state index in [-0.39, 0.29) is 5.28 Å². The minimum Gasteiger partial charge on any atom is -0.384 e. The van der Waals surface area contributed by atoms with E-state index >= 15 is 0 Å². The third-order valence-corrected chi connectivity index (χ3v) is 7.87. The molecule has 2 saturated heterocycles. The summed E-state index contributed by atoms with van der Waals surface area (Å²) in [5.41, 5.74) is -0.0235. The van der Waals surface area contributed by atoms with E-state index in [2.05, 4.69) is 24.8 Å². The van der Waals surface area contributed by atoms with E-state index in [1.807, 2.05) is 17.6 Å². The smallest absolute Gasteiger partial charge is 0.224 e. The van der Waals surface area contributed by atoms with Crippen LogP contribution in [0.25, 0.3) is 10.2 Å². The van der Waals surface area contributed by atoms with Crippen molar-refractivity contribution in [1.29, 1.82) is 0 Å². The number of fused-ring (bicyclic) bond motifs is 1. The number of anilines is 1. The minimum atomic E-state index is -0.834. The van der Waals surface area contributed by atoms with Gasteiger partial charge in [0.15, 0.2) is 5.82 Å². The number of hydrogen-bond donors (Lipinski definition) is 1. The van der Waals surface area contributed by atoms with Gasteiger partial charge in [-0.2, -0.15) is 4.98 Å². The lowest BCUT2D eigenvalue weighted by Crippen LogP contribution is -2.41. The third kappa shape index (κ3) is 3.99. The Kier molecular flexibility index (Phi) is 5.44. The van der Waals surface area contributed by atoms with Gasteiger partial charge < -0.3 is 14.7 Å². The normalized spacial score (nSPS) is 20.4. The van der Waals surface area contributed by atoms with Crippen molar-refractivity contribution in [3.63, 3.8) is 0 Å². The van der Waals surface area contributed by atoms with E-state index in [0.29, 0.717) is 26.1 Å². The second-order valence-electron chi connectivity index (χ2n) is 7.47. The van der Waals surface area contributed by atoms with Gasteiger partial charge >= 0.3 is 0 Å². The van der Waals surface area contributed by atoms with Crippen LogP contribution in [0.2, 0.25) is 5.28 Å². The molecule has 2 aliphatic heterocycles. The van der Waals surface area contributed by atoms with Crippen LogP contribution in [0.15, 0.2) is 17.6 Å². The van der Waals surface area contributed by atoms with Crippen molar-refractivity contribution >= 4 is 50.3 Å². The molecule has 3 aromatic heterocycles. The van der Waals surface area contributed by atoms with Crippen LogP contribution in [-0.4, -0.2) is 64.4 Å². The molecular weight excluding hydrogens is 430 g/mol. The van der Waals surface area contributed by atoms with Crippen molar-refractivity contribution in [2.45, 2.75) is 25.0 Å². The van der Waals surface area contributed by atoms with Crippen LogP contribution >= 0.6 is 34.3 Å². The predicted molar refractivity (Wildman–Crippen MR) is 116 cm³/mol. The summed E-state index contributed by atoms with van der Waals surface area (Å²) in [4.78, 5) is 18.8. The first-order valence-corrected chi connectivity index (χ1v) is 11.8. The molecule has 2 aliphatic rings. The molecule has 154 valence electrons. The molecule has 2 fully saturated rings. The number of morpholine rings is 1. The molecule has 0 spiro atoms.